The molecule has 1 aromatic carbocycles. The first kappa shape index (κ1) is 17.2. The largest absolute Gasteiger partial charge is 0.325 e. The quantitative estimate of drug-likeness (QED) is 0.768. The minimum absolute atomic E-state index is 0.0757. The average molecular weight is 341 g/mol. The Morgan fingerprint density at radius 3 is 2.40 bits per heavy atom. The van der Waals surface area contributed by atoms with Gasteiger partial charge in [0.15, 0.2) is 0 Å². The Morgan fingerprint density at radius 2 is 1.85 bits per heavy atom. The number of halogens is 1. The molecule has 0 bridgehead atoms. The van der Waals surface area contributed by atoms with E-state index in [1.165, 1.54) is 5.56 Å². The van der Waals surface area contributed by atoms with Crippen LogP contribution in [-0.2, 0) is 4.79 Å². The summed E-state index contributed by atoms with van der Waals surface area (Å²) in [6.07, 6.45) is 2.80. The van der Waals surface area contributed by atoms with Gasteiger partial charge in [-0.15, -0.1) is 0 Å². The number of aryl methyl sites for hydroxylation is 1. The molecule has 0 fully saturated rings. The van der Waals surface area contributed by atoms with Gasteiger partial charge in [0.2, 0.25) is 5.91 Å². The van der Waals surface area contributed by atoms with E-state index in [1.807, 2.05) is 25.1 Å². The molecule has 3 nitrogen and oxygen atoms in total. The van der Waals surface area contributed by atoms with Crippen LogP contribution in [0.15, 0.2) is 22.7 Å². The fourth-order valence-electron chi connectivity index (χ4n) is 2.16. The summed E-state index contributed by atoms with van der Waals surface area (Å²) >= 11 is 3.48. The third-order valence-electron chi connectivity index (χ3n) is 3.13. The molecule has 1 aromatic rings. The highest BCUT2D eigenvalue weighted by Crippen LogP contribution is 2.23. The number of hydrogen-bond donors (Lipinski definition) is 1. The molecule has 0 aliphatic heterocycles. The van der Waals surface area contributed by atoms with Crippen molar-refractivity contribution in [1.29, 1.82) is 0 Å². The molecule has 1 N–H and O–H groups in total. The van der Waals surface area contributed by atoms with Crippen molar-refractivity contribution >= 4 is 27.5 Å². The van der Waals surface area contributed by atoms with Crippen LogP contribution in [0.2, 0.25) is 0 Å². The number of nitrogens with one attached hydrogen (secondary N) is 1. The van der Waals surface area contributed by atoms with Crippen LogP contribution in [0.3, 0.4) is 0 Å². The maximum atomic E-state index is 12.0. The van der Waals surface area contributed by atoms with Crippen LogP contribution in [0.4, 0.5) is 5.69 Å². The van der Waals surface area contributed by atoms with Crippen LogP contribution in [0.1, 0.15) is 38.7 Å². The van der Waals surface area contributed by atoms with Gasteiger partial charge in [-0.1, -0.05) is 19.9 Å². The normalized spacial score (nSPS) is 10.8. The van der Waals surface area contributed by atoms with Crippen molar-refractivity contribution in [2.45, 2.75) is 40.0 Å². The predicted molar refractivity (Wildman–Crippen MR) is 89.1 cm³/mol. The van der Waals surface area contributed by atoms with Gasteiger partial charge in [0.25, 0.3) is 0 Å². The van der Waals surface area contributed by atoms with Crippen molar-refractivity contribution in [3.63, 3.8) is 0 Å². The predicted octanol–water partition coefficient (Wildman–Crippen LogP) is 4.21. The molecule has 0 radical (unpaired) electrons. The highest BCUT2D eigenvalue weighted by Gasteiger charge is 2.08. The summed E-state index contributed by atoms with van der Waals surface area (Å²) in [5.74, 6) is 0.0757. The van der Waals surface area contributed by atoms with Gasteiger partial charge in [-0.3, -0.25) is 4.79 Å². The topological polar surface area (TPSA) is 32.3 Å². The summed E-state index contributed by atoms with van der Waals surface area (Å²) in [5, 5.41) is 2.96. The molecule has 1 rings (SSSR count). The molecule has 0 saturated carbocycles. The van der Waals surface area contributed by atoms with Gasteiger partial charge in [0.1, 0.15) is 0 Å². The Balaban J connectivity index is 2.46. The molecule has 0 saturated heterocycles. The maximum Gasteiger partial charge on any atom is 0.225 e. The summed E-state index contributed by atoms with van der Waals surface area (Å²) in [5.41, 5.74) is 2.02. The summed E-state index contributed by atoms with van der Waals surface area (Å²) < 4.78 is 0.935. The molecule has 20 heavy (non-hydrogen) atoms. The van der Waals surface area contributed by atoms with E-state index in [9.17, 15) is 4.79 Å². The van der Waals surface area contributed by atoms with Crippen molar-refractivity contribution in [1.82, 2.24) is 4.90 Å². The van der Waals surface area contributed by atoms with E-state index in [2.05, 4.69) is 40.0 Å². The first-order valence-electron chi connectivity index (χ1n) is 7.35. The van der Waals surface area contributed by atoms with Crippen LogP contribution in [0, 0.1) is 6.92 Å². The van der Waals surface area contributed by atoms with E-state index in [0.29, 0.717) is 6.42 Å². The van der Waals surface area contributed by atoms with Crippen molar-refractivity contribution in [3.05, 3.63) is 28.2 Å². The Labute approximate surface area is 130 Å². The number of carbonyl (C=O) groups is 1. The summed E-state index contributed by atoms with van der Waals surface area (Å²) in [7, 11) is 0. The van der Waals surface area contributed by atoms with Crippen LogP contribution < -0.4 is 5.32 Å². The fourth-order valence-corrected chi connectivity index (χ4v) is 2.75. The van der Waals surface area contributed by atoms with Gasteiger partial charge < -0.3 is 10.2 Å². The molecular formula is C16H25BrN2O. The van der Waals surface area contributed by atoms with E-state index >= 15 is 0 Å². The zero-order valence-corrected chi connectivity index (χ0v) is 14.3. The van der Waals surface area contributed by atoms with Crippen molar-refractivity contribution < 1.29 is 4.79 Å². The van der Waals surface area contributed by atoms with Gasteiger partial charge in [-0.25, -0.2) is 0 Å². The number of hydrogen-bond acceptors (Lipinski definition) is 2. The van der Waals surface area contributed by atoms with Gasteiger partial charge >= 0.3 is 0 Å². The van der Waals surface area contributed by atoms with Gasteiger partial charge in [-0.2, -0.15) is 0 Å². The molecule has 0 aromatic heterocycles. The molecule has 0 heterocycles. The Kier molecular flexibility index (Phi) is 7.85. The molecule has 1 amide bonds. The lowest BCUT2D eigenvalue weighted by molar-refractivity contribution is -0.116. The standard InChI is InChI=1S/C16H25BrN2O/c1-4-9-19(10-5-2)11-8-16(20)18-15-7-6-13(3)12-14(15)17/h6-7,12H,4-5,8-11H2,1-3H3,(H,18,20). The molecule has 0 atom stereocenters. The van der Waals surface area contributed by atoms with E-state index in [4.69, 9.17) is 0 Å². The molecule has 0 aliphatic carbocycles. The molecule has 0 spiro atoms. The van der Waals surface area contributed by atoms with E-state index in [0.717, 1.165) is 42.6 Å². The van der Waals surface area contributed by atoms with Gasteiger partial charge in [0.05, 0.1) is 5.69 Å². The second-order valence-electron chi connectivity index (χ2n) is 5.12. The van der Waals surface area contributed by atoms with E-state index in [-0.39, 0.29) is 5.91 Å². The van der Waals surface area contributed by atoms with E-state index in [1.54, 1.807) is 0 Å². The monoisotopic (exact) mass is 340 g/mol. The van der Waals surface area contributed by atoms with Crippen LogP contribution in [0.5, 0.6) is 0 Å². The highest BCUT2D eigenvalue weighted by molar-refractivity contribution is 9.10. The average Bonchev–Trinajstić information content (AvgIpc) is 2.40. The minimum Gasteiger partial charge on any atom is -0.325 e. The second kappa shape index (κ2) is 9.14. The number of amides is 1. The van der Waals surface area contributed by atoms with Crippen LogP contribution in [0.25, 0.3) is 0 Å². The number of benzene rings is 1. The van der Waals surface area contributed by atoms with Crippen LogP contribution in [-0.4, -0.2) is 30.4 Å². The smallest absolute Gasteiger partial charge is 0.225 e. The SMILES string of the molecule is CCCN(CCC)CCC(=O)Nc1ccc(C)cc1Br. The number of anilines is 1. The first-order chi connectivity index (χ1) is 9.56. The summed E-state index contributed by atoms with van der Waals surface area (Å²) in [6, 6.07) is 5.95. The first-order valence-corrected chi connectivity index (χ1v) is 8.14. The Bertz CT molecular complexity index is 428. The van der Waals surface area contributed by atoms with Gasteiger partial charge in [-0.05, 0) is 66.5 Å². The molecule has 0 aliphatic rings. The number of carbonyl (C=O) groups excluding carboxylic acids is 1. The molecular weight excluding hydrogens is 316 g/mol. The Morgan fingerprint density at radius 1 is 1.20 bits per heavy atom. The molecule has 112 valence electrons. The third kappa shape index (κ3) is 6.06. The van der Waals surface area contributed by atoms with Crippen molar-refractivity contribution in [3.8, 4) is 0 Å². The number of rotatable bonds is 8. The third-order valence-corrected chi connectivity index (χ3v) is 3.79. The number of nitrogens with zero attached hydrogens (tertiary/aromatic N) is 1. The van der Waals surface area contributed by atoms with Gasteiger partial charge in [0, 0.05) is 17.4 Å². The van der Waals surface area contributed by atoms with Crippen molar-refractivity contribution in [2.75, 3.05) is 25.0 Å². The zero-order valence-electron chi connectivity index (χ0n) is 12.7. The molecule has 0 unspecified atom stereocenters. The van der Waals surface area contributed by atoms with Crippen molar-refractivity contribution in [2.24, 2.45) is 0 Å². The summed E-state index contributed by atoms with van der Waals surface area (Å²) in [4.78, 5) is 14.4. The minimum atomic E-state index is 0.0757. The summed E-state index contributed by atoms with van der Waals surface area (Å²) in [6.45, 7) is 9.34. The second-order valence-corrected chi connectivity index (χ2v) is 5.98. The molecule has 4 heteroatoms. The zero-order chi connectivity index (χ0) is 15.0. The maximum absolute atomic E-state index is 12.0. The van der Waals surface area contributed by atoms with E-state index < -0.39 is 0 Å². The highest BCUT2D eigenvalue weighted by atomic mass is 79.9. The lowest BCUT2D eigenvalue weighted by Crippen LogP contribution is -2.29. The van der Waals surface area contributed by atoms with Crippen LogP contribution >= 0.6 is 15.9 Å². The fraction of sp³-hybridized carbons (Fsp3) is 0.562. The lowest BCUT2D eigenvalue weighted by Gasteiger charge is -2.20. The Hall–Kier alpha value is -0.870. The lowest BCUT2D eigenvalue weighted by atomic mass is 10.2.